The van der Waals surface area contributed by atoms with Crippen molar-refractivity contribution in [1.29, 1.82) is 0 Å². The minimum absolute atomic E-state index is 0.0459. The fourth-order valence-corrected chi connectivity index (χ4v) is 2.66. The van der Waals surface area contributed by atoms with Crippen LogP contribution in [-0.4, -0.2) is 59.0 Å². The second kappa shape index (κ2) is 7.35. The van der Waals surface area contributed by atoms with Gasteiger partial charge < -0.3 is 10.0 Å². The lowest BCUT2D eigenvalue weighted by atomic mass is 10.1. The number of carbonyl (C=O) groups excluding carboxylic acids is 1. The SMILES string of the molecule is CC(C(=O)O)N1CCCN(C(=O)Cc2cccc(F)c2)CC1. The van der Waals surface area contributed by atoms with Crippen LogP contribution < -0.4 is 0 Å². The van der Waals surface area contributed by atoms with Crippen LogP contribution in [0.15, 0.2) is 24.3 Å². The molecule has 1 saturated heterocycles. The number of carboxylic acid groups (broad SMARTS) is 1. The van der Waals surface area contributed by atoms with E-state index in [0.29, 0.717) is 31.7 Å². The van der Waals surface area contributed by atoms with Gasteiger partial charge in [-0.05, 0) is 31.0 Å². The van der Waals surface area contributed by atoms with E-state index < -0.39 is 12.0 Å². The van der Waals surface area contributed by atoms with Crippen molar-refractivity contribution in [2.45, 2.75) is 25.8 Å². The fourth-order valence-electron chi connectivity index (χ4n) is 2.66. The minimum Gasteiger partial charge on any atom is -0.480 e. The predicted octanol–water partition coefficient (Wildman–Crippen LogP) is 1.38. The van der Waals surface area contributed by atoms with Crippen LogP contribution in [0.5, 0.6) is 0 Å². The zero-order valence-electron chi connectivity index (χ0n) is 12.7. The largest absolute Gasteiger partial charge is 0.480 e. The van der Waals surface area contributed by atoms with Crippen LogP contribution in [0, 0.1) is 5.82 Å². The third-order valence-electron chi connectivity index (χ3n) is 4.03. The van der Waals surface area contributed by atoms with E-state index in [9.17, 15) is 14.0 Å². The lowest BCUT2D eigenvalue weighted by Gasteiger charge is -2.24. The Morgan fingerprint density at radius 1 is 1.27 bits per heavy atom. The number of carboxylic acids is 1. The quantitative estimate of drug-likeness (QED) is 0.913. The molecule has 1 aromatic carbocycles. The topological polar surface area (TPSA) is 60.9 Å². The molecule has 1 N–H and O–H groups in total. The number of nitrogens with zero attached hydrogens (tertiary/aromatic N) is 2. The summed E-state index contributed by atoms with van der Waals surface area (Å²) in [6.07, 6.45) is 0.915. The number of hydrogen-bond donors (Lipinski definition) is 1. The summed E-state index contributed by atoms with van der Waals surface area (Å²) in [5.74, 6) is -1.24. The van der Waals surface area contributed by atoms with Crippen LogP contribution in [0.1, 0.15) is 18.9 Å². The first-order valence-corrected chi connectivity index (χ1v) is 7.46. The Bertz CT molecular complexity index is 550. The minimum atomic E-state index is -0.848. The zero-order valence-corrected chi connectivity index (χ0v) is 12.7. The van der Waals surface area contributed by atoms with E-state index in [-0.39, 0.29) is 18.1 Å². The van der Waals surface area contributed by atoms with Gasteiger partial charge in [-0.3, -0.25) is 14.5 Å². The molecule has 1 atom stereocenters. The Labute approximate surface area is 129 Å². The van der Waals surface area contributed by atoms with Crippen molar-refractivity contribution in [3.05, 3.63) is 35.6 Å². The Morgan fingerprint density at radius 2 is 2.05 bits per heavy atom. The van der Waals surface area contributed by atoms with Gasteiger partial charge in [-0.15, -0.1) is 0 Å². The number of halogens is 1. The molecule has 1 unspecified atom stereocenters. The molecule has 1 amide bonds. The highest BCUT2D eigenvalue weighted by Crippen LogP contribution is 2.11. The summed E-state index contributed by atoms with van der Waals surface area (Å²) < 4.78 is 13.2. The number of amides is 1. The van der Waals surface area contributed by atoms with Crippen LogP contribution in [0.2, 0.25) is 0 Å². The van der Waals surface area contributed by atoms with Crippen LogP contribution >= 0.6 is 0 Å². The van der Waals surface area contributed by atoms with E-state index in [1.54, 1.807) is 24.0 Å². The van der Waals surface area contributed by atoms with Crippen LogP contribution in [-0.2, 0) is 16.0 Å². The van der Waals surface area contributed by atoms with Crippen LogP contribution in [0.25, 0.3) is 0 Å². The molecule has 0 saturated carbocycles. The molecular formula is C16H21FN2O3. The van der Waals surface area contributed by atoms with Gasteiger partial charge in [-0.1, -0.05) is 12.1 Å². The van der Waals surface area contributed by atoms with Gasteiger partial charge in [0.25, 0.3) is 0 Å². The Balaban J connectivity index is 1.93. The van der Waals surface area contributed by atoms with E-state index in [4.69, 9.17) is 5.11 Å². The van der Waals surface area contributed by atoms with Crippen molar-refractivity contribution in [1.82, 2.24) is 9.80 Å². The van der Waals surface area contributed by atoms with E-state index in [1.165, 1.54) is 12.1 Å². The van der Waals surface area contributed by atoms with Gasteiger partial charge in [0.15, 0.2) is 0 Å². The molecule has 0 radical (unpaired) electrons. The van der Waals surface area contributed by atoms with E-state index in [0.717, 1.165) is 6.42 Å². The third-order valence-corrected chi connectivity index (χ3v) is 4.03. The van der Waals surface area contributed by atoms with Crippen molar-refractivity contribution in [3.8, 4) is 0 Å². The van der Waals surface area contributed by atoms with Gasteiger partial charge in [-0.25, -0.2) is 4.39 Å². The molecule has 0 aliphatic carbocycles. The van der Waals surface area contributed by atoms with Gasteiger partial charge in [0.2, 0.25) is 5.91 Å². The molecule has 2 rings (SSSR count). The number of aliphatic carboxylic acids is 1. The summed E-state index contributed by atoms with van der Waals surface area (Å²) in [6.45, 7) is 3.98. The summed E-state index contributed by atoms with van der Waals surface area (Å²) in [4.78, 5) is 27.0. The average molecular weight is 308 g/mol. The monoisotopic (exact) mass is 308 g/mol. The molecule has 1 aliphatic heterocycles. The first kappa shape index (κ1) is 16.4. The second-order valence-corrected chi connectivity index (χ2v) is 5.59. The van der Waals surface area contributed by atoms with Gasteiger partial charge in [0, 0.05) is 26.2 Å². The molecule has 22 heavy (non-hydrogen) atoms. The lowest BCUT2D eigenvalue weighted by molar-refractivity contribution is -0.142. The van der Waals surface area contributed by atoms with Crippen molar-refractivity contribution in [2.24, 2.45) is 0 Å². The Kier molecular flexibility index (Phi) is 5.49. The molecule has 5 nitrogen and oxygen atoms in total. The molecule has 0 bridgehead atoms. The first-order valence-electron chi connectivity index (χ1n) is 7.46. The molecule has 1 heterocycles. The van der Waals surface area contributed by atoms with Crippen molar-refractivity contribution < 1.29 is 19.1 Å². The standard InChI is InChI=1S/C16H21FN2O3/c1-12(16(21)22)18-6-3-7-19(9-8-18)15(20)11-13-4-2-5-14(17)10-13/h2,4-5,10,12H,3,6-9,11H2,1H3,(H,21,22). The summed E-state index contributed by atoms with van der Waals surface area (Å²) >= 11 is 0. The van der Waals surface area contributed by atoms with Crippen LogP contribution in [0.3, 0.4) is 0 Å². The molecule has 6 heteroatoms. The van der Waals surface area contributed by atoms with Crippen molar-refractivity contribution >= 4 is 11.9 Å². The van der Waals surface area contributed by atoms with Crippen LogP contribution in [0.4, 0.5) is 4.39 Å². The summed E-state index contributed by atoms with van der Waals surface area (Å²) in [6, 6.07) is 5.51. The smallest absolute Gasteiger partial charge is 0.320 e. The molecule has 1 aliphatic rings. The summed E-state index contributed by atoms with van der Waals surface area (Å²) in [7, 11) is 0. The van der Waals surface area contributed by atoms with E-state index >= 15 is 0 Å². The third kappa shape index (κ3) is 4.27. The Morgan fingerprint density at radius 3 is 2.73 bits per heavy atom. The predicted molar refractivity (Wildman–Crippen MR) is 80.0 cm³/mol. The maximum atomic E-state index is 13.2. The average Bonchev–Trinajstić information content (AvgIpc) is 2.72. The highest BCUT2D eigenvalue weighted by molar-refractivity contribution is 5.78. The molecule has 120 valence electrons. The number of benzene rings is 1. The molecule has 0 aromatic heterocycles. The fraction of sp³-hybridized carbons (Fsp3) is 0.500. The molecule has 1 aromatic rings. The number of carbonyl (C=O) groups is 2. The Hall–Kier alpha value is -1.95. The van der Waals surface area contributed by atoms with Gasteiger partial charge in [0.05, 0.1) is 6.42 Å². The van der Waals surface area contributed by atoms with Crippen molar-refractivity contribution in [2.75, 3.05) is 26.2 Å². The number of hydrogen-bond acceptors (Lipinski definition) is 3. The van der Waals surface area contributed by atoms with E-state index in [2.05, 4.69) is 0 Å². The summed E-state index contributed by atoms with van der Waals surface area (Å²) in [5, 5.41) is 9.06. The van der Waals surface area contributed by atoms with Crippen molar-refractivity contribution in [3.63, 3.8) is 0 Å². The van der Waals surface area contributed by atoms with E-state index in [1.807, 2.05) is 4.90 Å². The molecular weight excluding hydrogens is 287 g/mol. The van der Waals surface area contributed by atoms with Gasteiger partial charge >= 0.3 is 5.97 Å². The zero-order chi connectivity index (χ0) is 16.1. The highest BCUT2D eigenvalue weighted by atomic mass is 19.1. The second-order valence-electron chi connectivity index (χ2n) is 5.59. The lowest BCUT2D eigenvalue weighted by Crippen LogP contribution is -2.42. The normalized spacial score (nSPS) is 17.8. The maximum Gasteiger partial charge on any atom is 0.320 e. The first-order chi connectivity index (χ1) is 10.5. The van der Waals surface area contributed by atoms with Gasteiger partial charge in [-0.2, -0.15) is 0 Å². The maximum absolute atomic E-state index is 13.2. The molecule has 0 spiro atoms. The number of rotatable bonds is 4. The van der Waals surface area contributed by atoms with Gasteiger partial charge in [0.1, 0.15) is 11.9 Å². The highest BCUT2D eigenvalue weighted by Gasteiger charge is 2.25. The summed E-state index contributed by atoms with van der Waals surface area (Å²) in [5.41, 5.74) is 0.657. The molecule has 1 fully saturated rings.